The van der Waals surface area contributed by atoms with E-state index in [1.807, 2.05) is 0 Å². The smallest absolute Gasteiger partial charge is 0.290 e. The highest BCUT2D eigenvalue weighted by atomic mass is 32.2. The van der Waals surface area contributed by atoms with Gasteiger partial charge in [0.05, 0.1) is 16.1 Å². The summed E-state index contributed by atoms with van der Waals surface area (Å²) in [6, 6.07) is 6.33. The molecular weight excluding hydrogens is 464 g/mol. The van der Waals surface area contributed by atoms with Gasteiger partial charge >= 0.3 is 0 Å². The number of nitrogens with zero attached hydrogens (tertiary/aromatic N) is 4. The van der Waals surface area contributed by atoms with Gasteiger partial charge < -0.3 is 14.2 Å². The Balaban J connectivity index is 1.46. The molecule has 1 aromatic heterocycles. The molecule has 11 nitrogen and oxygen atoms in total. The van der Waals surface area contributed by atoms with Crippen LogP contribution in [0.4, 0.5) is 5.69 Å². The van der Waals surface area contributed by atoms with Crippen LogP contribution in [0.5, 0.6) is 0 Å². The molecule has 0 bridgehead atoms. The van der Waals surface area contributed by atoms with Crippen molar-refractivity contribution in [3.05, 3.63) is 58.0 Å². The lowest BCUT2D eigenvalue weighted by Gasteiger charge is -2.40. The molecule has 182 valence electrons. The Hall–Kier alpha value is -3.25. The largest absolute Gasteiger partial charge is 0.459 e. The highest BCUT2D eigenvalue weighted by Crippen LogP contribution is 2.27. The van der Waals surface area contributed by atoms with E-state index in [0.29, 0.717) is 18.5 Å². The first kappa shape index (κ1) is 23.9. The Morgan fingerprint density at radius 1 is 1.09 bits per heavy atom. The number of piperidine rings is 1. The van der Waals surface area contributed by atoms with Crippen LogP contribution < -0.4 is 0 Å². The number of non-ortho nitro benzene ring substituents is 1. The summed E-state index contributed by atoms with van der Waals surface area (Å²) in [5.74, 6) is -0.350. The van der Waals surface area contributed by atoms with Crippen molar-refractivity contribution in [1.29, 1.82) is 0 Å². The van der Waals surface area contributed by atoms with Gasteiger partial charge in [-0.1, -0.05) is 6.07 Å². The molecule has 2 aliphatic heterocycles. The van der Waals surface area contributed by atoms with Gasteiger partial charge in [-0.25, -0.2) is 8.42 Å². The van der Waals surface area contributed by atoms with Gasteiger partial charge in [-0.3, -0.25) is 19.7 Å². The quantitative estimate of drug-likeness (QED) is 0.462. The van der Waals surface area contributed by atoms with Gasteiger partial charge in [0.2, 0.25) is 15.9 Å². The zero-order chi connectivity index (χ0) is 24.5. The predicted molar refractivity (Wildman–Crippen MR) is 121 cm³/mol. The number of rotatable bonds is 5. The van der Waals surface area contributed by atoms with Crippen molar-refractivity contribution in [2.24, 2.45) is 0 Å². The number of nitro benzene ring substituents is 1. The first-order chi connectivity index (χ1) is 16.2. The van der Waals surface area contributed by atoms with Crippen molar-refractivity contribution in [2.75, 3.05) is 32.7 Å². The van der Waals surface area contributed by atoms with E-state index in [9.17, 15) is 28.1 Å². The lowest BCUT2D eigenvalue weighted by atomic mass is 10.00. The monoisotopic (exact) mass is 490 g/mol. The summed E-state index contributed by atoms with van der Waals surface area (Å²) in [7, 11) is -3.96. The number of aryl methyl sites for hydroxylation is 1. The number of piperazine rings is 1. The van der Waals surface area contributed by atoms with E-state index >= 15 is 0 Å². The van der Waals surface area contributed by atoms with E-state index < -0.39 is 21.0 Å². The zero-order valence-electron chi connectivity index (χ0n) is 18.8. The number of benzene rings is 1. The normalized spacial score (nSPS) is 19.7. The third kappa shape index (κ3) is 4.55. The summed E-state index contributed by atoms with van der Waals surface area (Å²) in [4.78, 5) is 39.6. The fourth-order valence-electron chi connectivity index (χ4n) is 4.45. The van der Waals surface area contributed by atoms with Crippen LogP contribution in [0, 0.1) is 17.0 Å². The van der Waals surface area contributed by atoms with Crippen molar-refractivity contribution >= 4 is 27.5 Å². The molecule has 3 heterocycles. The van der Waals surface area contributed by atoms with Gasteiger partial charge in [-0.15, -0.1) is 0 Å². The maximum absolute atomic E-state index is 13.3. The van der Waals surface area contributed by atoms with Gasteiger partial charge in [0.15, 0.2) is 5.76 Å². The summed E-state index contributed by atoms with van der Waals surface area (Å²) in [5.41, 5.74) is 0.120. The van der Waals surface area contributed by atoms with Gasteiger partial charge in [0, 0.05) is 44.9 Å². The Morgan fingerprint density at radius 3 is 2.47 bits per heavy atom. The van der Waals surface area contributed by atoms with E-state index in [2.05, 4.69) is 0 Å². The van der Waals surface area contributed by atoms with E-state index in [1.165, 1.54) is 22.7 Å². The lowest BCUT2D eigenvalue weighted by Crippen LogP contribution is -2.57. The average molecular weight is 491 g/mol. The third-order valence-corrected chi connectivity index (χ3v) is 8.37. The minimum Gasteiger partial charge on any atom is -0.459 e. The molecule has 4 rings (SSSR count). The number of carbonyl (C=O) groups excluding carboxylic acids is 2. The standard InChI is InChI=1S/C22H26N4O7S/c1-16-7-8-17(26(29)30)15-20(16)34(31,32)24-12-10-23(11-13-24)21(27)18-5-2-3-9-25(18)22(28)19-6-4-14-33-19/h4,6-8,14-15,18H,2-3,5,9-13H2,1H3. The first-order valence-electron chi connectivity index (χ1n) is 11.1. The molecule has 0 aliphatic carbocycles. The SMILES string of the molecule is Cc1ccc([N+](=O)[O-])cc1S(=O)(=O)N1CCN(C(=O)C2CCCCN2C(=O)c2ccco2)CC1. The van der Waals surface area contributed by atoms with Gasteiger partial charge in [0.1, 0.15) is 6.04 Å². The van der Waals surface area contributed by atoms with E-state index in [-0.39, 0.29) is 54.3 Å². The molecule has 2 fully saturated rings. The number of hydrogen-bond donors (Lipinski definition) is 0. The number of carbonyl (C=O) groups is 2. The molecule has 2 saturated heterocycles. The highest BCUT2D eigenvalue weighted by molar-refractivity contribution is 7.89. The maximum atomic E-state index is 13.3. The lowest BCUT2D eigenvalue weighted by molar-refractivity contribution is -0.385. The Bertz CT molecular complexity index is 1190. The molecule has 34 heavy (non-hydrogen) atoms. The molecule has 0 N–H and O–H groups in total. The van der Waals surface area contributed by atoms with Crippen LogP contribution in [-0.4, -0.2) is 78.0 Å². The summed E-state index contributed by atoms with van der Waals surface area (Å²) in [5, 5.41) is 11.1. The van der Waals surface area contributed by atoms with Gasteiger partial charge in [0.25, 0.3) is 11.6 Å². The fraction of sp³-hybridized carbons (Fsp3) is 0.455. The molecule has 1 atom stereocenters. The van der Waals surface area contributed by atoms with Gasteiger partial charge in [-0.05, 0) is 43.9 Å². The summed E-state index contributed by atoms with van der Waals surface area (Å²) in [6.45, 7) is 2.52. The van der Waals surface area contributed by atoms with Crippen LogP contribution in [0.25, 0.3) is 0 Å². The van der Waals surface area contributed by atoms with E-state index in [1.54, 1.807) is 28.9 Å². The summed E-state index contributed by atoms with van der Waals surface area (Å²) in [6.07, 6.45) is 3.57. The average Bonchev–Trinajstić information content (AvgIpc) is 3.38. The van der Waals surface area contributed by atoms with Crippen molar-refractivity contribution in [3.8, 4) is 0 Å². The fourth-order valence-corrected chi connectivity index (χ4v) is 6.12. The number of amides is 2. The molecule has 0 spiro atoms. The van der Waals surface area contributed by atoms with Gasteiger partial charge in [-0.2, -0.15) is 4.31 Å². The van der Waals surface area contributed by atoms with Crippen LogP contribution in [0.2, 0.25) is 0 Å². The highest BCUT2D eigenvalue weighted by Gasteiger charge is 2.38. The molecule has 1 aromatic carbocycles. The molecule has 0 radical (unpaired) electrons. The zero-order valence-corrected chi connectivity index (χ0v) is 19.6. The number of sulfonamides is 1. The second-order valence-electron chi connectivity index (χ2n) is 8.42. The summed E-state index contributed by atoms with van der Waals surface area (Å²) < 4.78 is 32.8. The second-order valence-corrected chi connectivity index (χ2v) is 10.3. The Labute approximate surface area is 197 Å². The molecular formula is C22H26N4O7S. The topological polar surface area (TPSA) is 134 Å². The van der Waals surface area contributed by atoms with E-state index in [4.69, 9.17) is 4.42 Å². The Morgan fingerprint density at radius 2 is 1.82 bits per heavy atom. The van der Waals surface area contributed by atoms with Crippen LogP contribution in [0.1, 0.15) is 35.4 Å². The molecule has 2 amide bonds. The van der Waals surface area contributed by atoms with Crippen molar-refractivity contribution in [2.45, 2.75) is 37.1 Å². The number of nitro groups is 1. The molecule has 12 heteroatoms. The Kier molecular flexibility index (Phi) is 6.71. The van der Waals surface area contributed by atoms with Crippen molar-refractivity contribution in [1.82, 2.24) is 14.1 Å². The summed E-state index contributed by atoms with van der Waals surface area (Å²) >= 11 is 0. The predicted octanol–water partition coefficient (Wildman–Crippen LogP) is 2.02. The first-order valence-corrected chi connectivity index (χ1v) is 12.5. The molecule has 2 aliphatic rings. The molecule has 2 aromatic rings. The van der Waals surface area contributed by atoms with Crippen LogP contribution in [-0.2, 0) is 14.8 Å². The van der Waals surface area contributed by atoms with Crippen LogP contribution in [0.15, 0.2) is 45.9 Å². The second kappa shape index (κ2) is 9.55. The number of furan rings is 1. The number of hydrogen-bond acceptors (Lipinski definition) is 7. The van der Waals surface area contributed by atoms with Crippen LogP contribution in [0.3, 0.4) is 0 Å². The number of likely N-dealkylation sites (tertiary alicyclic amines) is 1. The minimum atomic E-state index is -3.96. The van der Waals surface area contributed by atoms with E-state index in [0.717, 1.165) is 18.9 Å². The molecule has 0 saturated carbocycles. The van der Waals surface area contributed by atoms with Crippen molar-refractivity contribution in [3.63, 3.8) is 0 Å². The third-order valence-electron chi connectivity index (χ3n) is 6.33. The van der Waals surface area contributed by atoms with Crippen LogP contribution >= 0.6 is 0 Å². The van der Waals surface area contributed by atoms with Crippen molar-refractivity contribution < 1.29 is 27.3 Å². The molecule has 1 unspecified atom stereocenters. The maximum Gasteiger partial charge on any atom is 0.290 e. The minimum absolute atomic E-state index is 0.0645.